The van der Waals surface area contributed by atoms with Gasteiger partial charge in [0.1, 0.15) is 11.4 Å². The second kappa shape index (κ2) is 8.69. The van der Waals surface area contributed by atoms with Gasteiger partial charge in [0, 0.05) is 25.5 Å². The summed E-state index contributed by atoms with van der Waals surface area (Å²) in [5.74, 6) is 0.914. The van der Waals surface area contributed by atoms with Crippen molar-refractivity contribution in [2.45, 2.75) is 33.2 Å². The van der Waals surface area contributed by atoms with Crippen molar-refractivity contribution in [1.82, 2.24) is 14.8 Å². The molecule has 0 N–H and O–H groups in total. The Morgan fingerprint density at radius 1 is 1.07 bits per heavy atom. The average molecular weight is 405 g/mol. The van der Waals surface area contributed by atoms with E-state index in [0.717, 1.165) is 42.8 Å². The fourth-order valence-electron chi connectivity index (χ4n) is 4.05. The standard InChI is InChI=1S/C24H27N3O3/c1-3-30-20-8-6-19(7-9-20)21-22(26-13-10-17(2)11-14-26)24(29)27(23(21)28)16-18-5-4-12-25-15-18/h4-9,12,15,17H,3,10-11,13-14,16H2,1-2H3. The summed E-state index contributed by atoms with van der Waals surface area (Å²) in [6.07, 6.45) is 5.41. The van der Waals surface area contributed by atoms with E-state index < -0.39 is 0 Å². The van der Waals surface area contributed by atoms with Crippen LogP contribution in [0.4, 0.5) is 0 Å². The van der Waals surface area contributed by atoms with Gasteiger partial charge in [-0.2, -0.15) is 0 Å². The Kier molecular flexibility index (Phi) is 5.84. The Balaban J connectivity index is 1.70. The first-order valence-corrected chi connectivity index (χ1v) is 10.6. The van der Waals surface area contributed by atoms with Crippen LogP contribution in [0.1, 0.15) is 37.8 Å². The Morgan fingerprint density at radius 3 is 2.43 bits per heavy atom. The van der Waals surface area contributed by atoms with E-state index in [4.69, 9.17) is 4.74 Å². The van der Waals surface area contributed by atoms with E-state index in [9.17, 15) is 9.59 Å². The van der Waals surface area contributed by atoms with Gasteiger partial charge in [-0.25, -0.2) is 0 Å². The van der Waals surface area contributed by atoms with Gasteiger partial charge in [-0.15, -0.1) is 0 Å². The molecule has 6 nitrogen and oxygen atoms in total. The third-order valence-corrected chi connectivity index (χ3v) is 5.76. The molecule has 0 bridgehead atoms. The highest BCUT2D eigenvalue weighted by atomic mass is 16.5. The molecule has 0 spiro atoms. The van der Waals surface area contributed by atoms with E-state index in [2.05, 4.69) is 16.8 Å². The molecule has 156 valence electrons. The molecule has 1 aromatic carbocycles. The zero-order valence-electron chi connectivity index (χ0n) is 17.5. The van der Waals surface area contributed by atoms with Crippen molar-refractivity contribution in [1.29, 1.82) is 0 Å². The molecule has 1 saturated heterocycles. The lowest BCUT2D eigenvalue weighted by Crippen LogP contribution is -2.38. The van der Waals surface area contributed by atoms with Crippen molar-refractivity contribution in [2.24, 2.45) is 5.92 Å². The van der Waals surface area contributed by atoms with Gasteiger partial charge >= 0.3 is 0 Å². The number of nitrogens with zero attached hydrogens (tertiary/aromatic N) is 3. The molecule has 4 rings (SSSR count). The van der Waals surface area contributed by atoms with Crippen molar-refractivity contribution < 1.29 is 14.3 Å². The van der Waals surface area contributed by atoms with Crippen LogP contribution in [-0.2, 0) is 16.1 Å². The van der Waals surface area contributed by atoms with Crippen LogP contribution >= 0.6 is 0 Å². The van der Waals surface area contributed by atoms with Crippen molar-refractivity contribution in [3.8, 4) is 5.75 Å². The number of likely N-dealkylation sites (tertiary alicyclic amines) is 1. The molecule has 1 aromatic heterocycles. The van der Waals surface area contributed by atoms with Crippen molar-refractivity contribution >= 4 is 17.4 Å². The minimum Gasteiger partial charge on any atom is -0.494 e. The number of amides is 2. The summed E-state index contributed by atoms with van der Waals surface area (Å²) in [5.41, 5.74) is 2.60. The molecule has 3 heterocycles. The highest BCUT2D eigenvalue weighted by Crippen LogP contribution is 2.35. The highest BCUT2D eigenvalue weighted by Gasteiger charge is 2.42. The number of carbonyl (C=O) groups excluding carboxylic acids is 2. The lowest BCUT2D eigenvalue weighted by molar-refractivity contribution is -0.138. The number of piperidine rings is 1. The third-order valence-electron chi connectivity index (χ3n) is 5.76. The van der Waals surface area contributed by atoms with Crippen LogP contribution in [-0.4, -0.2) is 46.3 Å². The Hall–Kier alpha value is -3.15. The Morgan fingerprint density at radius 2 is 1.80 bits per heavy atom. The minimum absolute atomic E-state index is 0.220. The van der Waals surface area contributed by atoms with Crippen molar-refractivity contribution in [2.75, 3.05) is 19.7 Å². The molecule has 0 aliphatic carbocycles. The lowest BCUT2D eigenvalue weighted by Gasteiger charge is -2.32. The number of benzene rings is 1. The van der Waals surface area contributed by atoms with E-state index in [-0.39, 0.29) is 18.4 Å². The van der Waals surface area contributed by atoms with Gasteiger partial charge in [-0.1, -0.05) is 25.1 Å². The number of pyridine rings is 1. The highest BCUT2D eigenvalue weighted by molar-refractivity contribution is 6.35. The molecule has 2 amide bonds. The number of ether oxygens (including phenoxy) is 1. The van der Waals surface area contributed by atoms with Gasteiger partial charge in [0.25, 0.3) is 11.8 Å². The summed E-state index contributed by atoms with van der Waals surface area (Å²) in [7, 11) is 0. The zero-order chi connectivity index (χ0) is 21.1. The van der Waals surface area contributed by atoms with Gasteiger partial charge < -0.3 is 9.64 Å². The number of hydrogen-bond donors (Lipinski definition) is 0. The van der Waals surface area contributed by atoms with Gasteiger partial charge in [0.05, 0.1) is 18.7 Å². The van der Waals surface area contributed by atoms with Crippen LogP contribution < -0.4 is 4.74 Å². The summed E-state index contributed by atoms with van der Waals surface area (Å²) in [4.78, 5) is 34.4. The Bertz CT molecular complexity index is 945. The molecular weight excluding hydrogens is 378 g/mol. The maximum Gasteiger partial charge on any atom is 0.278 e. The normalized spacial score (nSPS) is 17.8. The predicted molar refractivity (Wildman–Crippen MR) is 114 cm³/mol. The van der Waals surface area contributed by atoms with E-state index in [1.807, 2.05) is 43.3 Å². The van der Waals surface area contributed by atoms with E-state index in [0.29, 0.717) is 23.8 Å². The van der Waals surface area contributed by atoms with Crippen LogP contribution in [0.25, 0.3) is 5.57 Å². The summed E-state index contributed by atoms with van der Waals surface area (Å²) in [6.45, 7) is 6.54. The number of rotatable bonds is 6. The summed E-state index contributed by atoms with van der Waals surface area (Å²) >= 11 is 0. The first-order valence-electron chi connectivity index (χ1n) is 10.6. The third kappa shape index (κ3) is 3.95. The van der Waals surface area contributed by atoms with E-state index in [1.54, 1.807) is 12.4 Å². The first-order chi connectivity index (χ1) is 14.6. The number of hydrogen-bond acceptors (Lipinski definition) is 5. The van der Waals surface area contributed by atoms with E-state index >= 15 is 0 Å². The quantitative estimate of drug-likeness (QED) is 0.689. The monoisotopic (exact) mass is 405 g/mol. The smallest absolute Gasteiger partial charge is 0.278 e. The molecule has 30 heavy (non-hydrogen) atoms. The van der Waals surface area contributed by atoms with Gasteiger partial charge in [-0.3, -0.25) is 19.5 Å². The average Bonchev–Trinajstić information content (AvgIpc) is 3.01. The van der Waals surface area contributed by atoms with Crippen LogP contribution in [0, 0.1) is 5.92 Å². The Labute approximate surface area is 177 Å². The van der Waals surface area contributed by atoms with Crippen LogP contribution in [0.2, 0.25) is 0 Å². The second-order valence-electron chi connectivity index (χ2n) is 7.91. The molecule has 2 aromatic rings. The fourth-order valence-corrected chi connectivity index (χ4v) is 4.05. The van der Waals surface area contributed by atoms with Crippen LogP contribution in [0.15, 0.2) is 54.5 Å². The summed E-state index contributed by atoms with van der Waals surface area (Å²) < 4.78 is 5.53. The number of aromatic nitrogens is 1. The second-order valence-corrected chi connectivity index (χ2v) is 7.91. The molecule has 1 fully saturated rings. The SMILES string of the molecule is CCOc1ccc(C2=C(N3CCC(C)CC3)C(=O)N(Cc3cccnc3)C2=O)cc1. The predicted octanol–water partition coefficient (Wildman–Crippen LogP) is 3.49. The largest absolute Gasteiger partial charge is 0.494 e. The topological polar surface area (TPSA) is 62.7 Å². The maximum absolute atomic E-state index is 13.4. The molecule has 2 aliphatic heterocycles. The van der Waals surface area contributed by atoms with Gasteiger partial charge in [-0.05, 0) is 55.0 Å². The fraction of sp³-hybridized carbons (Fsp3) is 0.375. The van der Waals surface area contributed by atoms with Crippen LogP contribution in [0.5, 0.6) is 5.75 Å². The summed E-state index contributed by atoms with van der Waals surface area (Å²) in [5, 5.41) is 0. The lowest BCUT2D eigenvalue weighted by atomic mass is 9.97. The van der Waals surface area contributed by atoms with E-state index in [1.165, 1.54) is 4.90 Å². The zero-order valence-corrected chi connectivity index (χ0v) is 17.5. The minimum atomic E-state index is -0.248. The van der Waals surface area contributed by atoms with Crippen molar-refractivity contribution in [3.05, 3.63) is 65.6 Å². The summed E-state index contributed by atoms with van der Waals surface area (Å²) in [6, 6.07) is 11.1. The molecule has 0 unspecified atom stereocenters. The molecule has 0 atom stereocenters. The van der Waals surface area contributed by atoms with Crippen molar-refractivity contribution in [3.63, 3.8) is 0 Å². The van der Waals surface area contributed by atoms with Gasteiger partial charge in [0.2, 0.25) is 0 Å². The number of carbonyl (C=O) groups is 2. The molecule has 0 saturated carbocycles. The first kappa shape index (κ1) is 20.1. The molecule has 0 radical (unpaired) electrons. The molecular formula is C24H27N3O3. The van der Waals surface area contributed by atoms with Crippen LogP contribution in [0.3, 0.4) is 0 Å². The number of imide groups is 1. The molecule has 2 aliphatic rings. The molecule has 6 heteroatoms. The maximum atomic E-state index is 13.4. The van der Waals surface area contributed by atoms with Gasteiger partial charge in [0.15, 0.2) is 0 Å².